The van der Waals surface area contributed by atoms with E-state index in [9.17, 15) is 14.4 Å². The summed E-state index contributed by atoms with van der Waals surface area (Å²) in [5.41, 5.74) is 0.660. The Bertz CT molecular complexity index is 1200. The molecule has 0 N–H and O–H groups in total. The molecule has 1 saturated heterocycles. The Morgan fingerprint density at radius 1 is 1.06 bits per heavy atom. The van der Waals surface area contributed by atoms with Crippen LogP contribution in [0, 0.1) is 11.8 Å². The normalized spacial score (nSPS) is 19.1. The first kappa shape index (κ1) is 21.1. The summed E-state index contributed by atoms with van der Waals surface area (Å²) in [4.78, 5) is 45.8. The van der Waals surface area contributed by atoms with Gasteiger partial charge in [0.05, 0.1) is 12.9 Å². The second-order valence-corrected chi connectivity index (χ2v) is 8.69. The summed E-state index contributed by atoms with van der Waals surface area (Å²) in [6.45, 7) is 8.06. The van der Waals surface area contributed by atoms with E-state index in [0.717, 1.165) is 16.6 Å². The summed E-state index contributed by atoms with van der Waals surface area (Å²) in [7, 11) is 0. The molecule has 1 aliphatic heterocycles. The van der Waals surface area contributed by atoms with E-state index in [1.165, 1.54) is 4.57 Å². The molecule has 1 fully saturated rings. The van der Waals surface area contributed by atoms with Gasteiger partial charge < -0.3 is 9.47 Å². The molecule has 8 nitrogen and oxygen atoms in total. The van der Waals surface area contributed by atoms with Crippen LogP contribution in [0.25, 0.3) is 11.2 Å². The lowest BCUT2D eigenvalue weighted by atomic mass is 9.92. The number of aryl methyl sites for hydroxylation is 1. The van der Waals surface area contributed by atoms with Gasteiger partial charge in [0.2, 0.25) is 5.91 Å². The maximum atomic E-state index is 13.4. The largest absolute Gasteiger partial charge is 0.341 e. The first-order valence-corrected chi connectivity index (χ1v) is 10.9. The van der Waals surface area contributed by atoms with E-state index < -0.39 is 11.2 Å². The predicted octanol–water partition coefficient (Wildman–Crippen LogP) is 1.93. The summed E-state index contributed by atoms with van der Waals surface area (Å²) < 4.78 is 4.29. The van der Waals surface area contributed by atoms with Gasteiger partial charge in [0, 0.05) is 19.6 Å². The highest BCUT2D eigenvalue weighted by molar-refractivity contribution is 5.77. The van der Waals surface area contributed by atoms with Crippen LogP contribution < -0.4 is 11.2 Å². The Labute approximate surface area is 180 Å². The highest BCUT2D eigenvalue weighted by atomic mass is 16.2. The van der Waals surface area contributed by atoms with Crippen molar-refractivity contribution < 1.29 is 4.79 Å². The molecule has 31 heavy (non-hydrogen) atoms. The van der Waals surface area contributed by atoms with E-state index in [1.807, 2.05) is 37.3 Å². The van der Waals surface area contributed by atoms with Gasteiger partial charge in [0.25, 0.3) is 5.56 Å². The lowest BCUT2D eigenvalue weighted by molar-refractivity contribution is -0.134. The molecule has 3 heterocycles. The van der Waals surface area contributed by atoms with Crippen molar-refractivity contribution in [1.29, 1.82) is 0 Å². The molecule has 0 unspecified atom stereocenters. The van der Waals surface area contributed by atoms with Gasteiger partial charge in [-0.05, 0) is 30.7 Å². The Kier molecular flexibility index (Phi) is 5.80. The van der Waals surface area contributed by atoms with Gasteiger partial charge in [-0.3, -0.25) is 14.2 Å². The van der Waals surface area contributed by atoms with Gasteiger partial charge in [-0.25, -0.2) is 14.3 Å². The fourth-order valence-corrected chi connectivity index (χ4v) is 4.63. The number of imidazole rings is 1. The van der Waals surface area contributed by atoms with E-state index in [4.69, 9.17) is 0 Å². The third-order valence-corrected chi connectivity index (χ3v) is 6.02. The summed E-state index contributed by atoms with van der Waals surface area (Å²) in [5.74, 6) is 0.622. The topological polar surface area (TPSA) is 82.1 Å². The van der Waals surface area contributed by atoms with Crippen LogP contribution in [0.2, 0.25) is 0 Å². The maximum Gasteiger partial charge on any atom is 0.333 e. The molecule has 1 aromatic carbocycles. The molecule has 0 bridgehead atoms. The zero-order valence-electron chi connectivity index (χ0n) is 18.3. The maximum absolute atomic E-state index is 13.4. The average molecular weight is 424 g/mol. The zero-order valence-corrected chi connectivity index (χ0v) is 18.3. The second-order valence-electron chi connectivity index (χ2n) is 8.69. The van der Waals surface area contributed by atoms with Crippen molar-refractivity contribution in [3.05, 3.63) is 63.1 Å². The van der Waals surface area contributed by atoms with Gasteiger partial charge >= 0.3 is 5.69 Å². The lowest BCUT2D eigenvalue weighted by Gasteiger charge is -2.35. The molecule has 3 aromatic rings. The quantitative estimate of drug-likeness (QED) is 0.628. The molecule has 0 saturated carbocycles. The number of hydrogen-bond acceptors (Lipinski definition) is 4. The van der Waals surface area contributed by atoms with Crippen LogP contribution in [-0.2, 0) is 24.4 Å². The molecular weight excluding hydrogens is 394 g/mol. The van der Waals surface area contributed by atoms with Crippen molar-refractivity contribution in [3.8, 4) is 0 Å². The number of benzene rings is 1. The number of carbonyl (C=O) groups is 1. The summed E-state index contributed by atoms with van der Waals surface area (Å²) in [6, 6.07) is 9.56. The van der Waals surface area contributed by atoms with E-state index in [-0.39, 0.29) is 19.0 Å². The highest BCUT2D eigenvalue weighted by Gasteiger charge is 2.27. The fourth-order valence-electron chi connectivity index (χ4n) is 4.63. The van der Waals surface area contributed by atoms with Crippen LogP contribution in [-0.4, -0.2) is 42.6 Å². The molecule has 8 heteroatoms. The van der Waals surface area contributed by atoms with Crippen molar-refractivity contribution in [3.63, 3.8) is 0 Å². The number of fused-ring (bicyclic) bond motifs is 1. The Morgan fingerprint density at radius 3 is 2.39 bits per heavy atom. The highest BCUT2D eigenvalue weighted by Crippen LogP contribution is 2.21. The molecule has 4 rings (SSSR count). The van der Waals surface area contributed by atoms with Crippen LogP contribution >= 0.6 is 0 Å². The van der Waals surface area contributed by atoms with Crippen molar-refractivity contribution in [2.45, 2.75) is 46.8 Å². The number of amides is 1. The van der Waals surface area contributed by atoms with Crippen LogP contribution in [0.15, 0.2) is 46.2 Å². The molecule has 1 amide bonds. The Hall–Kier alpha value is -3.16. The zero-order chi connectivity index (χ0) is 22.1. The van der Waals surface area contributed by atoms with Gasteiger partial charge in [-0.2, -0.15) is 0 Å². The molecule has 0 radical (unpaired) electrons. The van der Waals surface area contributed by atoms with Crippen LogP contribution in [0.1, 0.15) is 32.8 Å². The predicted molar refractivity (Wildman–Crippen MR) is 119 cm³/mol. The molecule has 0 spiro atoms. The summed E-state index contributed by atoms with van der Waals surface area (Å²) in [5, 5.41) is 0. The van der Waals surface area contributed by atoms with E-state index in [1.54, 1.807) is 15.8 Å². The molecule has 2 atom stereocenters. The summed E-state index contributed by atoms with van der Waals surface area (Å²) >= 11 is 0. The van der Waals surface area contributed by atoms with Crippen LogP contribution in [0.5, 0.6) is 0 Å². The third kappa shape index (κ3) is 4.06. The smallest absolute Gasteiger partial charge is 0.333 e. The summed E-state index contributed by atoms with van der Waals surface area (Å²) in [6.07, 6.45) is 2.66. The standard InChI is InChI=1S/C23H29N5O3/c1-4-25-15-24-21-20(25)22(30)28(14-19(29)26-11-16(2)10-17(3)12-26)23(31)27(21)13-18-8-6-5-7-9-18/h5-9,15-17H,4,10-14H2,1-3H3/t16-,17-/m1/s1. The van der Waals surface area contributed by atoms with Crippen LogP contribution in [0.3, 0.4) is 0 Å². The molecule has 1 aliphatic rings. The minimum atomic E-state index is -0.505. The number of carbonyl (C=O) groups excluding carboxylic acids is 1. The minimum absolute atomic E-state index is 0.189. The van der Waals surface area contributed by atoms with Crippen molar-refractivity contribution >= 4 is 17.1 Å². The van der Waals surface area contributed by atoms with Crippen molar-refractivity contribution in [1.82, 2.24) is 23.6 Å². The number of piperidine rings is 1. The molecule has 0 aliphatic carbocycles. The first-order valence-electron chi connectivity index (χ1n) is 10.9. The van der Waals surface area contributed by atoms with Crippen LogP contribution in [0.4, 0.5) is 0 Å². The average Bonchev–Trinajstić information content (AvgIpc) is 3.18. The lowest BCUT2D eigenvalue weighted by Crippen LogP contribution is -2.48. The number of hydrogen-bond donors (Lipinski definition) is 0. The Balaban J connectivity index is 1.78. The van der Waals surface area contributed by atoms with Crippen molar-refractivity contribution in [2.24, 2.45) is 11.8 Å². The number of nitrogens with zero attached hydrogens (tertiary/aromatic N) is 5. The van der Waals surface area contributed by atoms with Gasteiger partial charge in [0.1, 0.15) is 6.54 Å². The van der Waals surface area contributed by atoms with E-state index in [2.05, 4.69) is 18.8 Å². The molecular formula is C23H29N5O3. The first-order chi connectivity index (χ1) is 14.9. The number of rotatable bonds is 5. The van der Waals surface area contributed by atoms with Gasteiger partial charge in [-0.15, -0.1) is 0 Å². The fraction of sp³-hybridized carbons (Fsp3) is 0.478. The van der Waals surface area contributed by atoms with E-state index >= 15 is 0 Å². The van der Waals surface area contributed by atoms with Gasteiger partial charge in [0.15, 0.2) is 11.2 Å². The molecule has 2 aromatic heterocycles. The minimum Gasteiger partial charge on any atom is -0.341 e. The second kappa shape index (κ2) is 8.53. The van der Waals surface area contributed by atoms with E-state index in [0.29, 0.717) is 42.6 Å². The Morgan fingerprint density at radius 2 is 1.74 bits per heavy atom. The van der Waals surface area contributed by atoms with Crippen molar-refractivity contribution in [2.75, 3.05) is 13.1 Å². The molecule has 164 valence electrons. The monoisotopic (exact) mass is 423 g/mol. The SMILES string of the molecule is CCn1cnc2c1c(=O)n(CC(=O)N1C[C@H](C)C[C@@H](C)C1)c(=O)n2Cc1ccccc1. The number of aromatic nitrogens is 4. The van der Waals surface area contributed by atoms with Gasteiger partial charge in [-0.1, -0.05) is 44.2 Å². The third-order valence-electron chi connectivity index (χ3n) is 6.02. The number of likely N-dealkylation sites (tertiary alicyclic amines) is 1.